The molecule has 0 saturated carbocycles. The van der Waals surface area contributed by atoms with Gasteiger partial charge in [-0.1, -0.05) is 0 Å². The number of nitrogens with zero attached hydrogens (tertiary/aromatic N) is 7. The molecule has 2 saturated heterocycles. The Morgan fingerprint density at radius 3 is 2.00 bits per heavy atom. The van der Waals surface area contributed by atoms with Crippen molar-refractivity contribution in [3.05, 3.63) is 23.9 Å². The lowest BCUT2D eigenvalue weighted by molar-refractivity contribution is 0.224. The normalized spacial score (nSPS) is 19.4. The van der Waals surface area contributed by atoms with Crippen LogP contribution < -0.4 is 9.80 Å². The maximum absolute atomic E-state index is 5.46. The molecule has 0 bridgehead atoms. The van der Waals surface area contributed by atoms with Crippen molar-refractivity contribution in [2.24, 2.45) is 0 Å². The molecule has 2 aromatic heterocycles. The maximum atomic E-state index is 5.46. The summed E-state index contributed by atoms with van der Waals surface area (Å²) in [5.74, 6) is 3.29. The monoisotopic (exact) mass is 343 g/mol. The molecular weight excluding hydrogens is 318 g/mol. The molecule has 0 amide bonds. The highest BCUT2D eigenvalue weighted by atomic mass is 16.4. The van der Waals surface area contributed by atoms with Crippen molar-refractivity contribution in [1.82, 2.24) is 25.3 Å². The third-order valence-electron chi connectivity index (χ3n) is 4.94. The van der Waals surface area contributed by atoms with Crippen molar-refractivity contribution in [2.45, 2.75) is 32.7 Å². The fourth-order valence-electron chi connectivity index (χ4n) is 3.51. The maximum Gasteiger partial charge on any atom is 0.230 e. The Bertz CT molecular complexity index is 673. The van der Waals surface area contributed by atoms with Crippen LogP contribution >= 0.6 is 0 Å². The van der Waals surface area contributed by atoms with Gasteiger partial charge in [-0.05, 0) is 31.4 Å². The molecular formula is C17H25N7O. The summed E-state index contributed by atoms with van der Waals surface area (Å²) in [4.78, 5) is 6.96. The summed E-state index contributed by atoms with van der Waals surface area (Å²) in [5.41, 5.74) is 0. The van der Waals surface area contributed by atoms with E-state index in [2.05, 4.69) is 47.2 Å². The highest BCUT2D eigenvalue weighted by Gasteiger charge is 2.20. The Morgan fingerprint density at radius 1 is 0.800 bits per heavy atom. The smallest absolute Gasteiger partial charge is 0.230 e. The van der Waals surface area contributed by atoms with Gasteiger partial charge in [-0.15, -0.1) is 20.4 Å². The summed E-state index contributed by atoms with van der Waals surface area (Å²) in [7, 11) is 0. The molecule has 25 heavy (non-hydrogen) atoms. The standard InChI is InChI=1S/C17H25N7O/c1-14-18-21-17(25-14)13-22-9-11-24(12-10-22)16-6-5-15(19-20-16)23-7-3-2-4-8-23/h5-6H,2-4,7-13H2,1H3. The van der Waals surface area contributed by atoms with E-state index in [9.17, 15) is 0 Å². The minimum Gasteiger partial charge on any atom is -0.424 e. The number of aryl methyl sites for hydroxylation is 1. The van der Waals surface area contributed by atoms with Gasteiger partial charge in [-0.25, -0.2) is 0 Å². The lowest BCUT2D eigenvalue weighted by atomic mass is 10.1. The Hall–Kier alpha value is -2.22. The molecule has 0 aromatic carbocycles. The van der Waals surface area contributed by atoms with Crippen LogP contribution in [0.4, 0.5) is 11.6 Å². The van der Waals surface area contributed by atoms with E-state index in [1.54, 1.807) is 0 Å². The molecule has 4 heterocycles. The van der Waals surface area contributed by atoms with Crippen LogP contribution in [-0.2, 0) is 6.54 Å². The lowest BCUT2D eigenvalue weighted by Crippen LogP contribution is -2.46. The largest absolute Gasteiger partial charge is 0.424 e. The van der Waals surface area contributed by atoms with Crippen molar-refractivity contribution in [3.63, 3.8) is 0 Å². The van der Waals surface area contributed by atoms with Gasteiger partial charge in [0.25, 0.3) is 0 Å². The first-order valence-electron chi connectivity index (χ1n) is 9.13. The zero-order valence-electron chi connectivity index (χ0n) is 14.8. The van der Waals surface area contributed by atoms with E-state index >= 15 is 0 Å². The summed E-state index contributed by atoms with van der Waals surface area (Å²) in [6.45, 7) is 8.52. The zero-order chi connectivity index (χ0) is 17.1. The van der Waals surface area contributed by atoms with Crippen LogP contribution in [0.5, 0.6) is 0 Å². The van der Waals surface area contributed by atoms with Gasteiger partial charge in [0.1, 0.15) is 0 Å². The van der Waals surface area contributed by atoms with Crippen molar-refractivity contribution >= 4 is 11.6 Å². The first-order valence-corrected chi connectivity index (χ1v) is 9.13. The fourth-order valence-corrected chi connectivity index (χ4v) is 3.51. The van der Waals surface area contributed by atoms with Crippen molar-refractivity contribution in [1.29, 1.82) is 0 Å². The molecule has 4 rings (SSSR count). The molecule has 2 aliphatic heterocycles. The van der Waals surface area contributed by atoms with Crippen LogP contribution in [0.2, 0.25) is 0 Å². The predicted molar refractivity (Wildman–Crippen MR) is 94.6 cm³/mol. The van der Waals surface area contributed by atoms with Crippen molar-refractivity contribution in [3.8, 4) is 0 Å². The van der Waals surface area contributed by atoms with E-state index < -0.39 is 0 Å². The Labute approximate surface area is 147 Å². The van der Waals surface area contributed by atoms with Crippen LogP contribution in [0.25, 0.3) is 0 Å². The van der Waals surface area contributed by atoms with Crippen molar-refractivity contribution < 1.29 is 4.42 Å². The number of piperidine rings is 1. The molecule has 0 aliphatic carbocycles. The number of aromatic nitrogens is 4. The second-order valence-corrected chi connectivity index (χ2v) is 6.78. The number of hydrogen-bond donors (Lipinski definition) is 0. The summed E-state index contributed by atoms with van der Waals surface area (Å²) >= 11 is 0. The Kier molecular flexibility index (Phi) is 4.78. The van der Waals surface area contributed by atoms with E-state index in [0.717, 1.165) is 50.9 Å². The van der Waals surface area contributed by atoms with Gasteiger partial charge in [0.15, 0.2) is 11.6 Å². The van der Waals surface area contributed by atoms with Crippen LogP contribution in [0.3, 0.4) is 0 Å². The second-order valence-electron chi connectivity index (χ2n) is 6.78. The quantitative estimate of drug-likeness (QED) is 0.826. The minimum atomic E-state index is 0.623. The molecule has 0 unspecified atom stereocenters. The summed E-state index contributed by atoms with van der Waals surface area (Å²) in [6.07, 6.45) is 3.84. The van der Waals surface area contributed by atoms with Gasteiger partial charge in [0, 0.05) is 46.2 Å². The van der Waals surface area contributed by atoms with Crippen LogP contribution in [0.15, 0.2) is 16.5 Å². The molecule has 0 atom stereocenters. The topological polar surface area (TPSA) is 74.4 Å². The highest BCUT2D eigenvalue weighted by Crippen LogP contribution is 2.20. The third kappa shape index (κ3) is 3.89. The van der Waals surface area contributed by atoms with Gasteiger partial charge in [0.2, 0.25) is 11.8 Å². The summed E-state index contributed by atoms with van der Waals surface area (Å²) in [6, 6.07) is 4.22. The molecule has 0 N–H and O–H groups in total. The number of anilines is 2. The van der Waals surface area contributed by atoms with Gasteiger partial charge in [-0.3, -0.25) is 4.90 Å². The first-order chi connectivity index (χ1) is 12.3. The van der Waals surface area contributed by atoms with E-state index in [1.165, 1.54) is 19.3 Å². The minimum absolute atomic E-state index is 0.623. The van der Waals surface area contributed by atoms with Gasteiger partial charge in [0.05, 0.1) is 6.54 Å². The van der Waals surface area contributed by atoms with Crippen LogP contribution in [0, 0.1) is 6.92 Å². The predicted octanol–water partition coefficient (Wildman–Crippen LogP) is 1.48. The Balaban J connectivity index is 1.31. The summed E-state index contributed by atoms with van der Waals surface area (Å²) in [5, 5.41) is 16.9. The van der Waals surface area contributed by atoms with E-state index in [1.807, 2.05) is 6.92 Å². The molecule has 2 aliphatic rings. The summed E-state index contributed by atoms with van der Waals surface area (Å²) < 4.78 is 5.46. The molecule has 2 fully saturated rings. The molecule has 8 heteroatoms. The van der Waals surface area contributed by atoms with E-state index in [0.29, 0.717) is 18.3 Å². The van der Waals surface area contributed by atoms with Gasteiger partial charge < -0.3 is 14.2 Å². The average Bonchev–Trinajstić information content (AvgIpc) is 3.08. The Morgan fingerprint density at radius 2 is 1.44 bits per heavy atom. The number of piperazine rings is 1. The van der Waals surface area contributed by atoms with Gasteiger partial charge in [-0.2, -0.15) is 0 Å². The van der Waals surface area contributed by atoms with Crippen molar-refractivity contribution in [2.75, 3.05) is 49.1 Å². The highest BCUT2D eigenvalue weighted by molar-refractivity contribution is 5.45. The van der Waals surface area contributed by atoms with Crippen LogP contribution in [0.1, 0.15) is 31.0 Å². The lowest BCUT2D eigenvalue weighted by Gasteiger charge is -2.34. The number of hydrogen-bond acceptors (Lipinski definition) is 8. The van der Waals surface area contributed by atoms with Crippen LogP contribution in [-0.4, -0.2) is 64.6 Å². The average molecular weight is 343 g/mol. The van der Waals surface area contributed by atoms with Gasteiger partial charge >= 0.3 is 0 Å². The first kappa shape index (κ1) is 16.3. The fraction of sp³-hybridized carbons (Fsp3) is 0.647. The molecule has 0 spiro atoms. The van der Waals surface area contributed by atoms with E-state index in [4.69, 9.17) is 4.42 Å². The molecule has 0 radical (unpaired) electrons. The third-order valence-corrected chi connectivity index (χ3v) is 4.94. The molecule has 8 nitrogen and oxygen atoms in total. The second kappa shape index (κ2) is 7.35. The molecule has 2 aromatic rings. The van der Waals surface area contributed by atoms with E-state index in [-0.39, 0.29) is 0 Å². The SMILES string of the molecule is Cc1nnc(CN2CCN(c3ccc(N4CCCCC4)nn3)CC2)o1. The zero-order valence-corrected chi connectivity index (χ0v) is 14.8. The number of rotatable bonds is 4. The molecule has 134 valence electrons.